The Morgan fingerprint density at radius 3 is 0.361 bits per heavy atom. The van der Waals surface area contributed by atoms with Gasteiger partial charge in [0, 0.05) is 20.0 Å². The number of nitrogens with zero attached hydrogens (tertiary/aromatic N) is 1. The Kier molecular flexibility index (Phi) is 99.7. The van der Waals surface area contributed by atoms with Gasteiger partial charge < -0.3 is 175 Å². The van der Waals surface area contributed by atoms with E-state index < -0.39 is 17.8 Å². The molecule has 2 amide bonds. The first-order valence-electron chi connectivity index (χ1n) is 41.9. The lowest BCUT2D eigenvalue weighted by Crippen LogP contribution is -2.32. The maximum Gasteiger partial charge on any atom is 0.335 e. The largest absolute Gasteiger partial charge is 0.382 e. The SMILES string of the molecule is COCCOCCOCCOCCOCCOCCOCCOCCOCCOCCOCCOCCOCCOCCOCCOCCOCCOCCOCCOCCOCCOCCOCCOCCOCCOCCOCCOCCOCCOCCOCCOCCOCCOCCOCCOCCC(=O)ON1C(=O)CCC1=O. The summed E-state index contributed by atoms with van der Waals surface area (Å²) in [5.74, 6) is -1.74. The Hall–Kier alpha value is -2.83. The molecule has 1 aliphatic rings. The van der Waals surface area contributed by atoms with Gasteiger partial charge in [0.1, 0.15) is 0 Å². The normalized spacial score (nSPS) is 12.5. The highest BCUT2D eigenvalue weighted by molar-refractivity contribution is 6.01. The van der Waals surface area contributed by atoms with Crippen molar-refractivity contribution in [2.45, 2.75) is 19.3 Å². The van der Waals surface area contributed by atoms with E-state index >= 15 is 0 Å². The molecule has 1 rings (SSSR count). The minimum atomic E-state index is -0.707. The van der Waals surface area contributed by atoms with E-state index in [1.54, 1.807) is 7.11 Å². The molecule has 0 unspecified atom stereocenters. The fourth-order valence-electron chi connectivity index (χ4n) is 8.68. The predicted octanol–water partition coefficient (Wildman–Crippen LogP) is 0.211. The van der Waals surface area contributed by atoms with Crippen LogP contribution in [0, 0.1) is 0 Å². The zero-order valence-electron chi connectivity index (χ0n) is 71.6. The van der Waals surface area contributed by atoms with Crippen molar-refractivity contribution in [3.05, 3.63) is 0 Å². The molecule has 708 valence electrons. The van der Waals surface area contributed by atoms with Crippen LogP contribution in [0.3, 0.4) is 0 Å². The van der Waals surface area contributed by atoms with Gasteiger partial charge in [0.2, 0.25) is 0 Å². The molecular weight excluding hydrogens is 1590 g/mol. The molecule has 1 saturated heterocycles. The summed E-state index contributed by atoms with van der Waals surface area (Å²) in [5.41, 5.74) is 0. The number of imide groups is 1. The molecule has 119 heavy (non-hydrogen) atoms. The lowest BCUT2D eigenvalue weighted by molar-refractivity contribution is -0.198. The predicted molar refractivity (Wildman–Crippen MR) is 422 cm³/mol. The molecule has 41 heteroatoms. The Balaban J connectivity index is 1.58. The second kappa shape index (κ2) is 104. The van der Waals surface area contributed by atoms with Crippen molar-refractivity contribution in [2.75, 3.05) is 476 Å². The number of carbonyl (C=O) groups is 3. The van der Waals surface area contributed by atoms with E-state index in [9.17, 15) is 14.4 Å². The van der Waals surface area contributed by atoms with Gasteiger partial charge in [0.25, 0.3) is 11.8 Å². The summed E-state index contributed by atoms with van der Waals surface area (Å²) in [6.45, 7) is 33.1. The van der Waals surface area contributed by atoms with Crippen LogP contribution in [0.5, 0.6) is 0 Å². The lowest BCUT2D eigenvalue weighted by atomic mass is 10.4. The first-order chi connectivity index (χ1) is 59.1. The van der Waals surface area contributed by atoms with Crippen LogP contribution in [0.4, 0.5) is 0 Å². The average molecular weight is 1740 g/mol. The van der Waals surface area contributed by atoms with E-state index in [4.69, 9.17) is 175 Å². The first-order valence-corrected chi connectivity index (χ1v) is 41.9. The molecule has 0 saturated carbocycles. The van der Waals surface area contributed by atoms with Gasteiger partial charge in [0.05, 0.1) is 476 Å². The summed E-state index contributed by atoms with van der Waals surface area (Å²) in [6.07, 6.45) is 0.0151. The van der Waals surface area contributed by atoms with Crippen molar-refractivity contribution in [1.82, 2.24) is 5.06 Å². The zero-order valence-corrected chi connectivity index (χ0v) is 71.6. The Bertz CT molecular complexity index is 1920. The molecule has 0 radical (unpaired) electrons. The molecule has 1 fully saturated rings. The quantitative estimate of drug-likeness (QED) is 0.0580. The molecular formula is C78H151NO40. The van der Waals surface area contributed by atoms with Gasteiger partial charge in [-0.3, -0.25) is 9.59 Å². The average Bonchev–Trinajstić information content (AvgIpc) is 1.73. The second-order valence-corrected chi connectivity index (χ2v) is 24.2. The van der Waals surface area contributed by atoms with Gasteiger partial charge in [-0.15, -0.1) is 5.06 Å². The van der Waals surface area contributed by atoms with Crippen LogP contribution >= 0.6 is 0 Å². The maximum absolute atomic E-state index is 11.7. The molecule has 0 aromatic heterocycles. The van der Waals surface area contributed by atoms with Crippen LogP contribution < -0.4 is 0 Å². The fourth-order valence-corrected chi connectivity index (χ4v) is 8.68. The number of carbonyl (C=O) groups excluding carboxylic acids is 3. The highest BCUT2D eigenvalue weighted by Crippen LogP contribution is 2.13. The van der Waals surface area contributed by atoms with Gasteiger partial charge in [0.15, 0.2) is 0 Å². The molecule has 0 atom stereocenters. The van der Waals surface area contributed by atoms with Crippen molar-refractivity contribution in [1.29, 1.82) is 0 Å². The van der Waals surface area contributed by atoms with Gasteiger partial charge >= 0.3 is 5.97 Å². The summed E-state index contributed by atoms with van der Waals surface area (Å²) >= 11 is 0. The van der Waals surface area contributed by atoms with E-state index in [0.29, 0.717) is 461 Å². The van der Waals surface area contributed by atoms with Crippen LogP contribution in [-0.2, 0) is 190 Å². The van der Waals surface area contributed by atoms with Crippen LogP contribution in [0.1, 0.15) is 19.3 Å². The first kappa shape index (κ1) is 114. The standard InChI is InChI=1S/C78H151NO40/c1-83-6-7-85-10-11-87-14-15-89-18-19-91-22-23-93-26-27-95-30-31-97-34-35-99-38-39-101-42-43-103-46-47-105-50-51-107-54-55-109-58-59-111-62-63-113-66-67-115-70-71-117-74-75-118-73-72-116-69-68-114-65-64-112-61-60-110-57-56-108-53-52-106-49-48-104-45-44-102-41-40-100-37-36-98-33-32-96-29-28-94-25-24-92-21-20-90-17-16-88-13-12-86-9-8-84-5-4-78(82)119-79-76(80)2-3-77(79)81/h2-75H2,1H3. The zero-order chi connectivity index (χ0) is 84.8. The van der Waals surface area contributed by atoms with Crippen molar-refractivity contribution in [3.63, 3.8) is 0 Å². The number of hydrogen-bond acceptors (Lipinski definition) is 40. The summed E-state index contributed by atoms with van der Waals surface area (Å²) in [4.78, 5) is 39.4. The van der Waals surface area contributed by atoms with Gasteiger partial charge in [-0.05, 0) is 0 Å². The molecule has 0 spiro atoms. The van der Waals surface area contributed by atoms with Crippen LogP contribution in [-0.4, -0.2) is 499 Å². The number of rotatable bonds is 109. The summed E-state index contributed by atoms with van der Waals surface area (Å²) in [5, 5.41) is 0.516. The van der Waals surface area contributed by atoms with Crippen molar-refractivity contribution >= 4 is 17.8 Å². The Morgan fingerprint density at radius 2 is 0.261 bits per heavy atom. The Morgan fingerprint density at radius 1 is 0.168 bits per heavy atom. The smallest absolute Gasteiger partial charge is 0.335 e. The summed E-state index contributed by atoms with van der Waals surface area (Å²) in [6, 6.07) is 0. The third-order valence-electron chi connectivity index (χ3n) is 14.7. The molecule has 1 aliphatic heterocycles. The Labute approximate surface area is 705 Å². The van der Waals surface area contributed by atoms with Crippen LogP contribution in [0.15, 0.2) is 0 Å². The molecule has 41 nitrogen and oxygen atoms in total. The van der Waals surface area contributed by atoms with Gasteiger partial charge in [-0.1, -0.05) is 0 Å². The molecule has 1 heterocycles. The van der Waals surface area contributed by atoms with Crippen LogP contribution in [0.2, 0.25) is 0 Å². The molecule has 0 aromatic rings. The molecule has 0 bridgehead atoms. The molecule has 0 aliphatic carbocycles. The van der Waals surface area contributed by atoms with E-state index in [-0.39, 0.29) is 32.5 Å². The monoisotopic (exact) mass is 1740 g/mol. The number of methoxy groups -OCH3 is 1. The van der Waals surface area contributed by atoms with Crippen LogP contribution in [0.25, 0.3) is 0 Å². The minimum absolute atomic E-state index is 0.0499. The minimum Gasteiger partial charge on any atom is -0.382 e. The van der Waals surface area contributed by atoms with Gasteiger partial charge in [-0.2, -0.15) is 0 Å². The summed E-state index contributed by atoms with van der Waals surface area (Å²) in [7, 11) is 1.64. The van der Waals surface area contributed by atoms with E-state index in [1.807, 2.05) is 0 Å². The topological polar surface area (TPSA) is 396 Å². The van der Waals surface area contributed by atoms with Crippen molar-refractivity contribution in [3.8, 4) is 0 Å². The second-order valence-electron chi connectivity index (χ2n) is 24.2. The number of hydrogen-bond donors (Lipinski definition) is 0. The highest BCUT2D eigenvalue weighted by atomic mass is 16.7. The highest BCUT2D eigenvalue weighted by Gasteiger charge is 2.32. The van der Waals surface area contributed by atoms with E-state index in [2.05, 4.69) is 0 Å². The van der Waals surface area contributed by atoms with E-state index in [0.717, 1.165) is 0 Å². The lowest BCUT2D eigenvalue weighted by Gasteiger charge is -2.12. The third-order valence-corrected chi connectivity index (χ3v) is 14.7. The molecule has 0 N–H and O–H groups in total. The van der Waals surface area contributed by atoms with Crippen molar-refractivity contribution in [2.24, 2.45) is 0 Å². The molecule has 0 aromatic carbocycles. The summed E-state index contributed by atoms with van der Waals surface area (Å²) < 4.78 is 198. The number of amides is 2. The van der Waals surface area contributed by atoms with Crippen molar-refractivity contribution < 1.29 is 190 Å². The van der Waals surface area contributed by atoms with Gasteiger partial charge in [-0.25, -0.2) is 4.79 Å². The fraction of sp³-hybridized carbons (Fsp3) is 0.962. The third kappa shape index (κ3) is 97.2. The maximum atomic E-state index is 11.7. The number of ether oxygens (including phenoxy) is 36. The number of hydroxylamine groups is 2. The van der Waals surface area contributed by atoms with E-state index in [1.165, 1.54) is 0 Å².